The third-order valence-electron chi connectivity index (χ3n) is 5.35. The van der Waals surface area contributed by atoms with Crippen molar-refractivity contribution in [1.82, 2.24) is 0 Å². The molecular formula is C26H22O4S2. The molecule has 0 aromatic heterocycles. The van der Waals surface area contributed by atoms with E-state index in [9.17, 15) is 16.8 Å². The van der Waals surface area contributed by atoms with Crippen molar-refractivity contribution >= 4 is 19.7 Å². The monoisotopic (exact) mass is 462 g/mol. The highest BCUT2D eigenvalue weighted by Crippen LogP contribution is 2.29. The van der Waals surface area contributed by atoms with Gasteiger partial charge in [0, 0.05) is 0 Å². The van der Waals surface area contributed by atoms with Gasteiger partial charge in [-0.1, -0.05) is 54.6 Å². The molecule has 0 bridgehead atoms. The highest BCUT2D eigenvalue weighted by Gasteiger charge is 2.20. The van der Waals surface area contributed by atoms with Gasteiger partial charge in [0.15, 0.2) is 0 Å². The van der Waals surface area contributed by atoms with Crippen LogP contribution in [0, 0.1) is 13.8 Å². The first-order valence-corrected chi connectivity index (χ1v) is 13.0. The third-order valence-corrected chi connectivity index (χ3v) is 9.05. The molecule has 0 saturated heterocycles. The Morgan fingerprint density at radius 1 is 0.500 bits per heavy atom. The summed E-state index contributed by atoms with van der Waals surface area (Å²) in [5.41, 5.74) is 3.19. The number of sulfone groups is 2. The predicted octanol–water partition coefficient (Wildman–Crippen LogP) is 5.64. The summed E-state index contributed by atoms with van der Waals surface area (Å²) in [6.45, 7) is 3.65. The number of benzene rings is 4. The summed E-state index contributed by atoms with van der Waals surface area (Å²) in [5, 5.41) is 0. The van der Waals surface area contributed by atoms with Crippen molar-refractivity contribution < 1.29 is 16.8 Å². The Hall–Kier alpha value is -3.22. The lowest BCUT2D eigenvalue weighted by molar-refractivity contribution is 0.594. The molecule has 4 aromatic rings. The Morgan fingerprint density at radius 3 is 1.50 bits per heavy atom. The molecule has 0 radical (unpaired) electrons. The van der Waals surface area contributed by atoms with Gasteiger partial charge in [-0.2, -0.15) is 0 Å². The van der Waals surface area contributed by atoms with E-state index >= 15 is 0 Å². The Kier molecular flexibility index (Phi) is 5.75. The van der Waals surface area contributed by atoms with E-state index < -0.39 is 19.7 Å². The first-order chi connectivity index (χ1) is 15.2. The largest absolute Gasteiger partial charge is 0.219 e. The van der Waals surface area contributed by atoms with Gasteiger partial charge in [-0.05, 0) is 78.6 Å². The molecule has 32 heavy (non-hydrogen) atoms. The van der Waals surface area contributed by atoms with Crippen LogP contribution in [0.2, 0.25) is 0 Å². The Bertz CT molecular complexity index is 1470. The Morgan fingerprint density at radius 2 is 0.969 bits per heavy atom. The second kappa shape index (κ2) is 8.37. The van der Waals surface area contributed by atoms with Crippen LogP contribution in [-0.2, 0) is 19.7 Å². The van der Waals surface area contributed by atoms with Gasteiger partial charge in [-0.3, -0.25) is 0 Å². The van der Waals surface area contributed by atoms with Crippen molar-refractivity contribution in [3.8, 4) is 11.1 Å². The zero-order chi connectivity index (χ0) is 22.9. The maximum atomic E-state index is 13.1. The zero-order valence-electron chi connectivity index (χ0n) is 17.7. The average Bonchev–Trinajstić information content (AvgIpc) is 2.81. The van der Waals surface area contributed by atoms with Gasteiger partial charge < -0.3 is 0 Å². The molecule has 0 aliphatic carbocycles. The molecule has 0 amide bonds. The molecular weight excluding hydrogens is 440 g/mol. The van der Waals surface area contributed by atoms with Gasteiger partial charge >= 0.3 is 0 Å². The van der Waals surface area contributed by atoms with Gasteiger partial charge in [-0.25, -0.2) is 16.8 Å². The molecule has 4 nitrogen and oxygen atoms in total. The fraction of sp³-hybridized carbons (Fsp3) is 0.0769. The van der Waals surface area contributed by atoms with Crippen LogP contribution in [0.5, 0.6) is 0 Å². The van der Waals surface area contributed by atoms with Crippen LogP contribution >= 0.6 is 0 Å². The lowest BCUT2D eigenvalue weighted by Crippen LogP contribution is -2.04. The summed E-state index contributed by atoms with van der Waals surface area (Å²) >= 11 is 0. The van der Waals surface area contributed by atoms with Crippen molar-refractivity contribution in [1.29, 1.82) is 0 Å². The molecule has 0 unspecified atom stereocenters. The van der Waals surface area contributed by atoms with Crippen LogP contribution in [-0.4, -0.2) is 16.8 Å². The maximum absolute atomic E-state index is 13.1. The zero-order valence-corrected chi connectivity index (χ0v) is 19.3. The first kappa shape index (κ1) is 22.0. The SMILES string of the molecule is Cc1ccc(C)c(S(=O)(=O)c2ccc(-c3ccc(S(=O)(=O)c4ccccc4)cc3)cc2)c1. The van der Waals surface area contributed by atoms with E-state index in [2.05, 4.69) is 0 Å². The summed E-state index contributed by atoms with van der Waals surface area (Å²) in [4.78, 5) is 0.981. The normalized spacial score (nSPS) is 11.9. The maximum Gasteiger partial charge on any atom is 0.206 e. The van der Waals surface area contributed by atoms with Crippen LogP contribution in [0.25, 0.3) is 11.1 Å². The van der Waals surface area contributed by atoms with Crippen molar-refractivity contribution in [3.05, 3.63) is 108 Å². The van der Waals surface area contributed by atoms with Gasteiger partial charge in [0.25, 0.3) is 0 Å². The minimum Gasteiger partial charge on any atom is -0.219 e. The van der Waals surface area contributed by atoms with Crippen molar-refractivity contribution in [2.75, 3.05) is 0 Å². The molecule has 0 aliphatic rings. The van der Waals surface area contributed by atoms with E-state index in [0.717, 1.165) is 16.7 Å². The number of hydrogen-bond donors (Lipinski definition) is 0. The molecule has 0 N–H and O–H groups in total. The average molecular weight is 463 g/mol. The van der Waals surface area contributed by atoms with Crippen molar-refractivity contribution in [2.45, 2.75) is 33.4 Å². The summed E-state index contributed by atoms with van der Waals surface area (Å²) in [5.74, 6) is 0. The van der Waals surface area contributed by atoms with Crippen LogP contribution in [0.15, 0.2) is 117 Å². The molecule has 0 saturated carbocycles. The van der Waals surface area contributed by atoms with Crippen LogP contribution < -0.4 is 0 Å². The Balaban J connectivity index is 1.63. The molecule has 4 rings (SSSR count). The highest BCUT2D eigenvalue weighted by atomic mass is 32.2. The molecule has 6 heteroatoms. The van der Waals surface area contributed by atoms with Gasteiger partial charge in [-0.15, -0.1) is 0 Å². The van der Waals surface area contributed by atoms with E-state index in [1.807, 2.05) is 19.1 Å². The van der Waals surface area contributed by atoms with Gasteiger partial charge in [0.05, 0.1) is 19.6 Å². The lowest BCUT2D eigenvalue weighted by atomic mass is 10.1. The van der Waals surface area contributed by atoms with Crippen LogP contribution in [0.1, 0.15) is 11.1 Å². The minimum atomic E-state index is -3.63. The standard InChI is InChI=1S/C26H22O4S2/c1-19-8-9-20(2)26(18-19)32(29,30)25-16-12-22(13-17-25)21-10-14-24(15-11-21)31(27,28)23-6-4-3-5-7-23/h3-18H,1-2H3. The number of hydrogen-bond acceptors (Lipinski definition) is 4. The second-order valence-corrected chi connectivity index (χ2v) is 11.5. The van der Waals surface area contributed by atoms with E-state index in [4.69, 9.17) is 0 Å². The number of aryl methyl sites for hydroxylation is 2. The molecule has 0 fully saturated rings. The van der Waals surface area contributed by atoms with Gasteiger partial charge in [0.2, 0.25) is 19.7 Å². The van der Waals surface area contributed by atoms with E-state index in [1.54, 1.807) is 91.9 Å². The van der Waals surface area contributed by atoms with Crippen LogP contribution in [0.4, 0.5) is 0 Å². The topological polar surface area (TPSA) is 68.3 Å². The number of rotatable bonds is 5. The predicted molar refractivity (Wildman–Crippen MR) is 125 cm³/mol. The van der Waals surface area contributed by atoms with E-state index in [0.29, 0.717) is 10.5 Å². The third kappa shape index (κ3) is 4.11. The summed E-state index contributed by atoms with van der Waals surface area (Å²) in [6.07, 6.45) is 0. The quantitative estimate of drug-likeness (QED) is 0.385. The molecule has 0 aliphatic heterocycles. The van der Waals surface area contributed by atoms with E-state index in [1.165, 1.54) is 0 Å². The highest BCUT2D eigenvalue weighted by molar-refractivity contribution is 7.91. The van der Waals surface area contributed by atoms with E-state index in [-0.39, 0.29) is 14.7 Å². The summed E-state index contributed by atoms with van der Waals surface area (Å²) in [6, 6.07) is 26.9. The first-order valence-electron chi connectivity index (χ1n) is 10.0. The fourth-order valence-corrected chi connectivity index (χ4v) is 6.38. The molecule has 162 valence electrons. The van der Waals surface area contributed by atoms with Crippen molar-refractivity contribution in [2.24, 2.45) is 0 Å². The smallest absolute Gasteiger partial charge is 0.206 e. The molecule has 0 heterocycles. The van der Waals surface area contributed by atoms with Crippen molar-refractivity contribution in [3.63, 3.8) is 0 Å². The van der Waals surface area contributed by atoms with Gasteiger partial charge in [0.1, 0.15) is 0 Å². The second-order valence-electron chi connectivity index (χ2n) is 7.64. The fourth-order valence-electron chi connectivity index (χ4n) is 3.51. The summed E-state index contributed by atoms with van der Waals surface area (Å²) in [7, 11) is -7.21. The molecule has 4 aromatic carbocycles. The lowest BCUT2D eigenvalue weighted by Gasteiger charge is -2.10. The van der Waals surface area contributed by atoms with Crippen LogP contribution in [0.3, 0.4) is 0 Å². The minimum absolute atomic E-state index is 0.210. The summed E-state index contributed by atoms with van der Waals surface area (Å²) < 4.78 is 51.7. The molecule has 0 spiro atoms. The molecule has 0 atom stereocenters. The Labute approximate surface area is 189 Å².